The van der Waals surface area contributed by atoms with Gasteiger partial charge in [-0.2, -0.15) is 0 Å². The normalized spacial score (nSPS) is 34.1. The highest BCUT2D eigenvalue weighted by Gasteiger charge is 2.47. The van der Waals surface area contributed by atoms with E-state index in [-0.39, 0.29) is 23.9 Å². The van der Waals surface area contributed by atoms with E-state index >= 15 is 0 Å². The maximum absolute atomic E-state index is 12.5. The molecule has 0 radical (unpaired) electrons. The molecule has 0 aromatic carbocycles. The third-order valence-corrected chi connectivity index (χ3v) is 6.61. The first kappa shape index (κ1) is 17.9. The highest BCUT2D eigenvalue weighted by atomic mass is 79.9. The fourth-order valence-corrected chi connectivity index (χ4v) is 5.02. The number of aromatic amines is 1. The van der Waals surface area contributed by atoms with Gasteiger partial charge in [0.15, 0.2) is 0 Å². The maximum atomic E-state index is 12.5. The lowest BCUT2D eigenvalue weighted by Gasteiger charge is -2.34. The number of aromatic nitrogens is 2. The van der Waals surface area contributed by atoms with Crippen LogP contribution < -0.4 is 16.2 Å². The zero-order valence-electron chi connectivity index (χ0n) is 14.6. The summed E-state index contributed by atoms with van der Waals surface area (Å²) in [6.07, 6.45) is 7.65. The number of H-pyrrole nitrogens is 1. The second-order valence-corrected chi connectivity index (χ2v) is 8.77. The first-order chi connectivity index (χ1) is 12.6. The van der Waals surface area contributed by atoms with Gasteiger partial charge in [-0.3, -0.25) is 15.0 Å². The summed E-state index contributed by atoms with van der Waals surface area (Å²) in [5.41, 5.74) is 7.64. The molecule has 2 aliphatic heterocycles. The molecule has 0 bridgehead atoms. The van der Waals surface area contributed by atoms with E-state index in [1.165, 1.54) is 0 Å². The zero-order valence-corrected chi connectivity index (χ0v) is 16.2. The number of carbonyl (C=O) groups is 2. The Bertz CT molecular complexity index is 654. The van der Waals surface area contributed by atoms with Gasteiger partial charge in [0.25, 0.3) is 0 Å². The van der Waals surface area contributed by atoms with Gasteiger partial charge in [-0.1, -0.05) is 15.9 Å². The topological polar surface area (TPSA) is 102 Å². The van der Waals surface area contributed by atoms with Gasteiger partial charge < -0.3 is 15.2 Å². The molecule has 5 atom stereocenters. The van der Waals surface area contributed by atoms with Gasteiger partial charge in [-0.25, -0.2) is 10.4 Å². The third-order valence-electron chi connectivity index (χ3n) is 5.78. The lowest BCUT2D eigenvalue weighted by molar-refractivity contribution is -0.131. The highest BCUT2D eigenvalue weighted by molar-refractivity contribution is 9.09. The van der Waals surface area contributed by atoms with Crippen LogP contribution in [-0.4, -0.2) is 56.8 Å². The van der Waals surface area contributed by atoms with Crippen molar-refractivity contribution in [3.8, 4) is 0 Å². The fourth-order valence-electron chi connectivity index (χ4n) is 4.36. The standard InChI is InChI=1S/C17H25BrN6O2/c18-11-1-2-13-14(6-11)22-23-16(13)24-8-10(5-15(24)25)17(26)20-4-3-12-7-19-9-21-12/h7,9-11,13-14,16,22-23H,1-6,8H2,(H,19,21)(H,20,26). The number of alkyl halides is 1. The van der Waals surface area contributed by atoms with Crippen LogP contribution in [0, 0.1) is 11.8 Å². The second kappa shape index (κ2) is 7.66. The summed E-state index contributed by atoms with van der Waals surface area (Å²) in [7, 11) is 0. The van der Waals surface area contributed by atoms with Crippen molar-refractivity contribution in [2.45, 2.75) is 49.1 Å². The molecule has 8 nitrogen and oxygen atoms in total. The van der Waals surface area contributed by atoms with Gasteiger partial charge in [-0.05, 0) is 19.3 Å². The van der Waals surface area contributed by atoms with E-state index < -0.39 is 0 Å². The average molecular weight is 425 g/mol. The van der Waals surface area contributed by atoms with E-state index in [0.29, 0.717) is 42.7 Å². The predicted octanol–water partition coefficient (Wildman–Crippen LogP) is 0.283. The minimum atomic E-state index is -0.266. The monoisotopic (exact) mass is 424 g/mol. The Labute approximate surface area is 161 Å². The number of nitrogens with one attached hydrogen (secondary N) is 4. The molecule has 1 aliphatic carbocycles. The van der Waals surface area contributed by atoms with Gasteiger partial charge >= 0.3 is 0 Å². The Kier molecular flexibility index (Phi) is 5.28. The first-order valence-electron chi connectivity index (χ1n) is 9.31. The Hall–Kier alpha value is -1.45. The van der Waals surface area contributed by atoms with Crippen molar-refractivity contribution in [1.82, 2.24) is 31.0 Å². The molecule has 3 aliphatic rings. The quantitative estimate of drug-likeness (QED) is 0.508. The molecule has 2 saturated heterocycles. The Morgan fingerprint density at radius 2 is 2.27 bits per heavy atom. The van der Waals surface area contributed by atoms with Crippen molar-refractivity contribution in [3.05, 3.63) is 18.2 Å². The number of halogens is 1. The maximum Gasteiger partial charge on any atom is 0.225 e. The molecule has 3 fully saturated rings. The van der Waals surface area contributed by atoms with E-state index in [1.54, 1.807) is 12.5 Å². The van der Waals surface area contributed by atoms with Crippen LogP contribution in [0.25, 0.3) is 0 Å². The smallest absolute Gasteiger partial charge is 0.225 e. The molecule has 3 heterocycles. The van der Waals surface area contributed by atoms with Crippen LogP contribution in [0.1, 0.15) is 31.4 Å². The van der Waals surface area contributed by atoms with Crippen molar-refractivity contribution in [1.29, 1.82) is 0 Å². The Morgan fingerprint density at radius 1 is 1.38 bits per heavy atom. The summed E-state index contributed by atoms with van der Waals surface area (Å²) in [6.45, 7) is 1.04. The van der Waals surface area contributed by atoms with Gasteiger partial charge in [0.2, 0.25) is 11.8 Å². The molecule has 2 amide bonds. The third kappa shape index (κ3) is 3.65. The van der Waals surface area contributed by atoms with Crippen molar-refractivity contribution < 1.29 is 9.59 Å². The molecule has 1 aromatic heterocycles. The number of rotatable bonds is 5. The summed E-state index contributed by atoms with van der Waals surface area (Å²) >= 11 is 3.70. The average Bonchev–Trinajstić information content (AvgIpc) is 3.34. The molecular weight excluding hydrogens is 400 g/mol. The molecule has 1 saturated carbocycles. The first-order valence-corrected chi connectivity index (χ1v) is 10.2. The summed E-state index contributed by atoms with van der Waals surface area (Å²) in [5.74, 6) is 0.180. The van der Waals surface area contributed by atoms with E-state index in [2.05, 4.69) is 42.1 Å². The van der Waals surface area contributed by atoms with Crippen LogP contribution >= 0.6 is 15.9 Å². The number of nitrogens with zero attached hydrogens (tertiary/aromatic N) is 2. The zero-order chi connectivity index (χ0) is 18.1. The SMILES string of the molecule is O=C(NCCc1cnc[nH]1)C1CC(=O)N(C2NNC3CC(Br)CCC32)C1. The molecule has 1 aromatic rings. The summed E-state index contributed by atoms with van der Waals surface area (Å²) in [5, 5.41) is 2.95. The molecule has 4 rings (SSSR count). The van der Waals surface area contributed by atoms with Crippen LogP contribution in [0.4, 0.5) is 0 Å². The van der Waals surface area contributed by atoms with Gasteiger partial charge in [-0.15, -0.1) is 0 Å². The summed E-state index contributed by atoms with van der Waals surface area (Å²) < 4.78 is 0. The fraction of sp³-hybridized carbons (Fsp3) is 0.706. The van der Waals surface area contributed by atoms with Crippen molar-refractivity contribution in [3.63, 3.8) is 0 Å². The number of carbonyl (C=O) groups excluding carboxylic acids is 2. The number of amides is 2. The van der Waals surface area contributed by atoms with E-state index in [1.807, 2.05) is 4.90 Å². The van der Waals surface area contributed by atoms with Crippen LogP contribution in [0.2, 0.25) is 0 Å². The van der Waals surface area contributed by atoms with E-state index in [9.17, 15) is 9.59 Å². The predicted molar refractivity (Wildman–Crippen MR) is 99.0 cm³/mol. The summed E-state index contributed by atoms with van der Waals surface area (Å²) in [4.78, 5) is 34.4. The molecule has 26 heavy (non-hydrogen) atoms. The largest absolute Gasteiger partial charge is 0.355 e. The van der Waals surface area contributed by atoms with Crippen molar-refractivity contribution in [2.75, 3.05) is 13.1 Å². The molecule has 9 heteroatoms. The second-order valence-electron chi connectivity index (χ2n) is 7.48. The number of likely N-dealkylation sites (tertiary alicyclic amines) is 1. The Morgan fingerprint density at radius 3 is 3.08 bits per heavy atom. The molecule has 142 valence electrons. The molecular formula is C17H25BrN6O2. The number of imidazole rings is 1. The minimum absolute atomic E-state index is 0.00436. The van der Waals surface area contributed by atoms with Crippen LogP contribution in [-0.2, 0) is 16.0 Å². The summed E-state index contributed by atoms with van der Waals surface area (Å²) in [6, 6.07) is 0.383. The van der Waals surface area contributed by atoms with Crippen LogP contribution in [0.5, 0.6) is 0 Å². The highest BCUT2D eigenvalue weighted by Crippen LogP contribution is 2.36. The van der Waals surface area contributed by atoms with E-state index in [4.69, 9.17) is 0 Å². The lowest BCUT2D eigenvalue weighted by atomic mass is 9.84. The number of hydrazine groups is 1. The number of fused-ring (bicyclic) bond motifs is 1. The molecule has 4 N–H and O–H groups in total. The van der Waals surface area contributed by atoms with Crippen LogP contribution in [0.3, 0.4) is 0 Å². The number of hydrogen-bond acceptors (Lipinski definition) is 5. The Balaban J connectivity index is 1.30. The van der Waals surface area contributed by atoms with E-state index in [0.717, 1.165) is 25.0 Å². The van der Waals surface area contributed by atoms with Crippen LogP contribution in [0.15, 0.2) is 12.5 Å². The lowest BCUT2D eigenvalue weighted by Crippen LogP contribution is -2.48. The van der Waals surface area contributed by atoms with Gasteiger partial charge in [0.05, 0.1) is 18.4 Å². The van der Waals surface area contributed by atoms with Crippen molar-refractivity contribution in [2.24, 2.45) is 11.8 Å². The molecule has 0 spiro atoms. The van der Waals surface area contributed by atoms with Crippen molar-refractivity contribution >= 4 is 27.7 Å². The van der Waals surface area contributed by atoms with Gasteiger partial charge in [0.1, 0.15) is 0 Å². The number of hydrogen-bond donors (Lipinski definition) is 4. The molecule has 5 unspecified atom stereocenters. The minimum Gasteiger partial charge on any atom is -0.355 e. The van der Waals surface area contributed by atoms with Gasteiger partial charge in [0, 0.05) is 54.6 Å².